The van der Waals surface area contributed by atoms with Gasteiger partial charge in [-0.15, -0.1) is 0 Å². The molecule has 5 heterocycles. The highest BCUT2D eigenvalue weighted by Gasteiger charge is 2.22. The molecule has 0 saturated carbocycles. The maximum absolute atomic E-state index is 6.79. The van der Waals surface area contributed by atoms with Gasteiger partial charge in [0.1, 0.15) is 11.0 Å². The summed E-state index contributed by atoms with van der Waals surface area (Å²) < 4.78 is 15.8. The van der Waals surface area contributed by atoms with Crippen LogP contribution in [-0.2, 0) is 0 Å². The zero-order valence-electron chi connectivity index (χ0n) is 62.4. The van der Waals surface area contributed by atoms with Gasteiger partial charge in [-0.25, -0.2) is 9.97 Å². The molecule has 0 aliphatic heterocycles. The zero-order chi connectivity index (χ0) is 76.1. The van der Waals surface area contributed by atoms with Crippen LogP contribution in [0.15, 0.2) is 428 Å². The van der Waals surface area contributed by atoms with Gasteiger partial charge in [0.2, 0.25) is 11.8 Å². The van der Waals surface area contributed by atoms with Crippen molar-refractivity contribution >= 4 is 76.3 Å². The number of hydrogen-bond acceptors (Lipinski definition) is 6. The van der Waals surface area contributed by atoms with Gasteiger partial charge in [0, 0.05) is 74.6 Å². The fraction of sp³-hybridized carbons (Fsp3) is 0. The third-order valence-corrected chi connectivity index (χ3v) is 22.3. The molecular formula is C108H69N5O2. The summed E-state index contributed by atoms with van der Waals surface area (Å²) in [5.41, 5.74) is 30.8. The SMILES string of the molecule is c1ccc(-n2c3ccccc3c3cc(-c4cc(-c5ccc(-c6cccc(-c7cccnc7)c6)cc5)c5oc(-c6ccc(-c7cccc8ccccc78)cc6)nc5c4)ccc32)cc1.c1cncc(-c2cccc(-c3cc(-c4ccc(-c5cccc6ccccc56)cc4)cc4oc(-c5ccc(-c6cccc7ccccc67)cc5)nc34)c2)c1. The molecule has 0 aliphatic rings. The second-order valence-corrected chi connectivity index (χ2v) is 29.2. The number of fused-ring (bicyclic) bond motifs is 8. The van der Waals surface area contributed by atoms with Crippen molar-refractivity contribution < 1.29 is 8.83 Å². The minimum absolute atomic E-state index is 0.591. The third kappa shape index (κ3) is 12.8. The van der Waals surface area contributed by atoms with Crippen molar-refractivity contribution in [2.24, 2.45) is 0 Å². The van der Waals surface area contributed by atoms with Crippen LogP contribution in [-0.4, -0.2) is 24.5 Å². The first-order chi connectivity index (χ1) is 57.0. The molecule has 0 fully saturated rings. The highest BCUT2D eigenvalue weighted by molar-refractivity contribution is 6.11. The number of oxazole rings is 2. The average Bonchev–Trinajstić information content (AvgIpc) is 1.57. The van der Waals surface area contributed by atoms with E-state index in [1.165, 1.54) is 76.4 Å². The summed E-state index contributed by atoms with van der Waals surface area (Å²) in [6.45, 7) is 0. The van der Waals surface area contributed by atoms with Crippen molar-refractivity contribution in [2.75, 3.05) is 0 Å². The fourth-order valence-corrected chi connectivity index (χ4v) is 16.6. The summed E-state index contributed by atoms with van der Waals surface area (Å²) in [5.74, 6) is 1.19. The molecule has 22 rings (SSSR count). The minimum Gasteiger partial charge on any atom is -0.436 e. The third-order valence-electron chi connectivity index (χ3n) is 22.3. The number of benzene rings is 17. The molecule has 0 unspecified atom stereocenters. The first-order valence-corrected chi connectivity index (χ1v) is 38.8. The lowest BCUT2D eigenvalue weighted by molar-refractivity contribution is 0.620. The molecule has 0 amide bonds. The topological polar surface area (TPSA) is 82.8 Å². The van der Waals surface area contributed by atoms with Gasteiger partial charge in [0.05, 0.1) is 11.0 Å². The van der Waals surface area contributed by atoms with Crippen LogP contribution in [0.2, 0.25) is 0 Å². The average molecular weight is 1470 g/mol. The highest BCUT2D eigenvalue weighted by Crippen LogP contribution is 2.44. The van der Waals surface area contributed by atoms with Gasteiger partial charge in [-0.1, -0.05) is 291 Å². The Hall–Kier alpha value is -15.4. The first kappa shape index (κ1) is 67.7. The summed E-state index contributed by atoms with van der Waals surface area (Å²) in [6.07, 6.45) is 7.42. The fourth-order valence-electron chi connectivity index (χ4n) is 16.6. The predicted molar refractivity (Wildman–Crippen MR) is 476 cm³/mol. The molecular weight excluding hydrogens is 1400 g/mol. The van der Waals surface area contributed by atoms with Crippen molar-refractivity contribution in [1.82, 2.24) is 24.5 Å². The molecule has 7 nitrogen and oxygen atoms in total. The molecule has 22 aromatic rings. The van der Waals surface area contributed by atoms with Gasteiger partial charge in [-0.3, -0.25) is 9.97 Å². The summed E-state index contributed by atoms with van der Waals surface area (Å²) in [4.78, 5) is 19.0. The van der Waals surface area contributed by atoms with Crippen molar-refractivity contribution in [1.29, 1.82) is 0 Å². The van der Waals surface area contributed by atoms with Crippen LogP contribution in [0.3, 0.4) is 0 Å². The van der Waals surface area contributed by atoms with Gasteiger partial charge in [-0.2, -0.15) is 0 Å². The van der Waals surface area contributed by atoms with Crippen molar-refractivity contribution in [3.05, 3.63) is 419 Å². The molecule has 0 spiro atoms. The van der Waals surface area contributed by atoms with Crippen LogP contribution >= 0.6 is 0 Å². The van der Waals surface area contributed by atoms with Crippen LogP contribution in [0.4, 0.5) is 0 Å². The van der Waals surface area contributed by atoms with E-state index < -0.39 is 0 Å². The second kappa shape index (κ2) is 29.1. The number of aromatic nitrogens is 5. The Labute approximate surface area is 664 Å². The lowest BCUT2D eigenvalue weighted by atomic mass is 9.94. The molecule has 0 bridgehead atoms. The molecule has 115 heavy (non-hydrogen) atoms. The van der Waals surface area contributed by atoms with E-state index in [-0.39, 0.29) is 0 Å². The standard InChI is InChI=1S/C58H37N3O.C50H32N2O/c1-2-16-48(17-3-1)61-55-21-7-6-19-51(55)53-34-45(30-31-56(53)61)47-35-52(41-24-22-38(23-25-41)43-13-8-14-44(33-43)46-15-10-32-59-37-46)57-54(36-47)60-58(62-57)42-28-26-40(27-29-42)50-20-9-12-39-11-4-5-18-49(39)50;1-3-16-43-34(9-1)11-6-18-45(43)36-22-20-33(21-23-36)42-30-47(40-14-5-13-39(29-40)41-15-8-28-51-32-41)49-48(31-42)53-50(52-49)38-26-24-37(25-27-38)46-19-7-12-35-10-2-4-17-44(35)46/h1-37H;1-32H. The summed E-state index contributed by atoms with van der Waals surface area (Å²) in [5, 5.41) is 9.83. The highest BCUT2D eigenvalue weighted by atomic mass is 16.4. The predicted octanol–water partition coefficient (Wildman–Crippen LogP) is 29.0. The van der Waals surface area contributed by atoms with Gasteiger partial charge >= 0.3 is 0 Å². The summed E-state index contributed by atoms with van der Waals surface area (Å²) in [6, 6.07) is 140. The minimum atomic E-state index is 0.591. The molecule has 0 saturated heterocycles. The molecule has 0 radical (unpaired) electrons. The summed E-state index contributed by atoms with van der Waals surface area (Å²) >= 11 is 0. The Balaban J connectivity index is 0.000000146. The van der Waals surface area contributed by atoms with E-state index in [0.717, 1.165) is 128 Å². The molecule has 0 N–H and O–H groups in total. The number of nitrogens with zero attached hydrogens (tertiary/aromatic N) is 5. The van der Waals surface area contributed by atoms with Crippen LogP contribution in [0.5, 0.6) is 0 Å². The number of hydrogen-bond donors (Lipinski definition) is 0. The van der Waals surface area contributed by atoms with Gasteiger partial charge in [0.15, 0.2) is 11.2 Å². The van der Waals surface area contributed by atoms with Crippen molar-refractivity contribution in [3.63, 3.8) is 0 Å². The Kier molecular flexibility index (Phi) is 17.1. The van der Waals surface area contributed by atoms with Gasteiger partial charge in [0.25, 0.3) is 0 Å². The zero-order valence-corrected chi connectivity index (χ0v) is 62.4. The maximum Gasteiger partial charge on any atom is 0.227 e. The molecule has 538 valence electrons. The van der Waals surface area contributed by atoms with Crippen molar-refractivity contribution in [3.8, 4) is 140 Å². The van der Waals surface area contributed by atoms with E-state index in [1.54, 1.807) is 12.4 Å². The molecule has 7 heteroatoms. The number of pyridine rings is 2. The van der Waals surface area contributed by atoms with Crippen LogP contribution in [0.1, 0.15) is 0 Å². The van der Waals surface area contributed by atoms with E-state index in [0.29, 0.717) is 11.8 Å². The lowest BCUT2D eigenvalue weighted by Crippen LogP contribution is -1.92. The Morgan fingerprint density at radius 1 is 0.217 bits per heavy atom. The summed E-state index contributed by atoms with van der Waals surface area (Å²) in [7, 11) is 0. The molecule has 17 aromatic carbocycles. The van der Waals surface area contributed by atoms with E-state index in [2.05, 4.69) is 397 Å². The van der Waals surface area contributed by atoms with Gasteiger partial charge in [-0.05, 0) is 224 Å². The first-order valence-electron chi connectivity index (χ1n) is 38.8. The Morgan fingerprint density at radius 3 is 1.17 bits per heavy atom. The van der Waals surface area contributed by atoms with E-state index in [1.807, 2.05) is 24.5 Å². The largest absolute Gasteiger partial charge is 0.436 e. The van der Waals surface area contributed by atoms with Crippen molar-refractivity contribution in [2.45, 2.75) is 0 Å². The number of para-hydroxylation sites is 2. The molecule has 5 aromatic heterocycles. The van der Waals surface area contributed by atoms with Crippen LogP contribution in [0.25, 0.3) is 216 Å². The quantitative estimate of drug-likeness (QED) is 0.114. The van der Waals surface area contributed by atoms with E-state index in [9.17, 15) is 0 Å². The molecule has 0 aliphatic carbocycles. The van der Waals surface area contributed by atoms with Crippen LogP contribution < -0.4 is 0 Å². The van der Waals surface area contributed by atoms with Gasteiger partial charge < -0.3 is 13.4 Å². The Morgan fingerprint density at radius 2 is 0.617 bits per heavy atom. The smallest absolute Gasteiger partial charge is 0.227 e. The second-order valence-electron chi connectivity index (χ2n) is 29.2. The van der Waals surface area contributed by atoms with E-state index >= 15 is 0 Å². The van der Waals surface area contributed by atoms with E-state index in [4.69, 9.17) is 18.8 Å². The normalized spacial score (nSPS) is 11.5. The monoisotopic (exact) mass is 1470 g/mol. The lowest BCUT2D eigenvalue weighted by Gasteiger charge is -2.11. The molecule has 0 atom stereocenters. The Bertz CT molecular complexity index is 7400. The number of rotatable bonds is 13. The maximum atomic E-state index is 6.79. The van der Waals surface area contributed by atoms with Crippen LogP contribution in [0, 0.1) is 0 Å².